The summed E-state index contributed by atoms with van der Waals surface area (Å²) in [4.78, 5) is 34.4. The number of rotatable bonds is 13. The summed E-state index contributed by atoms with van der Waals surface area (Å²) in [6.45, 7) is 4.31. The molecule has 0 aliphatic carbocycles. The van der Waals surface area contributed by atoms with E-state index in [0.717, 1.165) is 31.2 Å². The van der Waals surface area contributed by atoms with Gasteiger partial charge in [-0.2, -0.15) is 0 Å². The number of carboxylic acids is 1. The summed E-state index contributed by atoms with van der Waals surface area (Å²) in [6.07, 6.45) is 4.38. The van der Waals surface area contributed by atoms with Gasteiger partial charge >= 0.3 is 5.97 Å². The highest BCUT2D eigenvalue weighted by molar-refractivity contribution is 5.97. The molecule has 8 nitrogen and oxygen atoms in total. The van der Waals surface area contributed by atoms with E-state index in [1.165, 1.54) is 6.92 Å². The van der Waals surface area contributed by atoms with E-state index in [0.29, 0.717) is 67.1 Å². The van der Waals surface area contributed by atoms with Gasteiger partial charge in [-0.15, -0.1) is 0 Å². The number of aldehydes is 1. The Bertz CT molecular complexity index is 1080. The highest BCUT2D eigenvalue weighted by Gasteiger charge is 2.27. The van der Waals surface area contributed by atoms with Crippen LogP contribution in [-0.2, 0) is 17.6 Å². The lowest BCUT2D eigenvalue weighted by molar-refractivity contribution is -0.145. The van der Waals surface area contributed by atoms with Crippen LogP contribution in [0, 0.1) is 0 Å². The van der Waals surface area contributed by atoms with Crippen molar-refractivity contribution in [2.24, 2.45) is 0 Å². The molecule has 0 saturated carbocycles. The van der Waals surface area contributed by atoms with Crippen LogP contribution < -0.4 is 14.2 Å². The van der Waals surface area contributed by atoms with Crippen molar-refractivity contribution in [2.45, 2.75) is 64.9 Å². The van der Waals surface area contributed by atoms with Gasteiger partial charge in [-0.1, -0.05) is 13.3 Å². The number of aromatic hydroxyl groups is 1. The molecule has 1 aliphatic heterocycles. The number of Topliss-reactive ketones (excluding diaryl/α,β-unsaturated/α-hetero) is 1. The average molecular weight is 485 g/mol. The number of hydrogen-bond donors (Lipinski definition) is 2. The quantitative estimate of drug-likeness (QED) is 0.237. The Labute approximate surface area is 204 Å². The van der Waals surface area contributed by atoms with E-state index in [1.807, 2.05) is 6.92 Å². The zero-order valence-electron chi connectivity index (χ0n) is 20.2. The summed E-state index contributed by atoms with van der Waals surface area (Å²) >= 11 is 0. The molecule has 1 atom stereocenters. The average Bonchev–Trinajstić information content (AvgIpc) is 2.84. The van der Waals surface area contributed by atoms with E-state index < -0.39 is 12.1 Å². The zero-order valence-corrected chi connectivity index (χ0v) is 20.2. The first-order chi connectivity index (χ1) is 16.8. The minimum atomic E-state index is -1.01. The number of phenolic OH excluding ortho intramolecular Hbond substituents is 1. The molecule has 2 aromatic rings. The predicted molar refractivity (Wildman–Crippen MR) is 129 cm³/mol. The lowest BCUT2D eigenvalue weighted by atomic mass is 9.98. The Kier molecular flexibility index (Phi) is 9.11. The van der Waals surface area contributed by atoms with E-state index in [4.69, 9.17) is 14.2 Å². The topological polar surface area (TPSA) is 119 Å². The highest BCUT2D eigenvalue weighted by Crippen LogP contribution is 2.35. The Morgan fingerprint density at radius 3 is 2.46 bits per heavy atom. The SMILES string of the molecule is CCCc1c(OCCCCCOc2cc3c(cc2C(C)=O)CCC(C(=O)O)O3)ccc(C=O)c1O. The molecule has 3 rings (SSSR count). The molecule has 1 aliphatic rings. The maximum absolute atomic E-state index is 12.1. The van der Waals surface area contributed by atoms with Crippen molar-refractivity contribution in [1.82, 2.24) is 0 Å². The standard InChI is InChI=1S/C27H32O8/c1-3-7-20-22(10-9-19(16-28)26(20)30)33-12-5-4-6-13-34-25-15-24-18(14-21(25)17(2)29)8-11-23(35-24)27(31)32/h9-10,14-16,23,30H,3-8,11-13H2,1-2H3,(H,31,32). The molecule has 35 heavy (non-hydrogen) atoms. The van der Waals surface area contributed by atoms with Crippen molar-refractivity contribution in [2.75, 3.05) is 13.2 Å². The molecule has 188 valence electrons. The van der Waals surface area contributed by atoms with Gasteiger partial charge in [0.2, 0.25) is 0 Å². The fraction of sp³-hybridized carbons (Fsp3) is 0.444. The fourth-order valence-electron chi connectivity index (χ4n) is 4.08. The lowest BCUT2D eigenvalue weighted by Gasteiger charge is -2.24. The number of carbonyl (C=O) groups excluding carboxylic acids is 2. The summed E-state index contributed by atoms with van der Waals surface area (Å²) in [5, 5.41) is 19.5. The molecule has 2 aromatic carbocycles. The summed E-state index contributed by atoms with van der Waals surface area (Å²) in [7, 11) is 0. The molecule has 0 amide bonds. The number of ketones is 1. The van der Waals surface area contributed by atoms with Crippen LogP contribution in [0.4, 0.5) is 0 Å². The number of carbonyl (C=O) groups is 3. The molecule has 0 fully saturated rings. The summed E-state index contributed by atoms with van der Waals surface area (Å²) in [5.41, 5.74) is 2.18. The maximum Gasteiger partial charge on any atom is 0.344 e. The van der Waals surface area contributed by atoms with Crippen LogP contribution in [0.25, 0.3) is 0 Å². The molecular weight excluding hydrogens is 452 g/mol. The van der Waals surface area contributed by atoms with Crippen molar-refractivity contribution < 1.29 is 38.8 Å². The highest BCUT2D eigenvalue weighted by atomic mass is 16.5. The molecule has 1 unspecified atom stereocenters. The van der Waals surface area contributed by atoms with Gasteiger partial charge in [-0.05, 0) is 69.2 Å². The molecular formula is C27H32O8. The third kappa shape index (κ3) is 6.53. The molecule has 8 heteroatoms. The zero-order chi connectivity index (χ0) is 25.4. The van der Waals surface area contributed by atoms with Gasteiger partial charge in [-0.3, -0.25) is 9.59 Å². The fourth-order valence-corrected chi connectivity index (χ4v) is 4.08. The lowest BCUT2D eigenvalue weighted by Crippen LogP contribution is -2.31. The molecule has 0 saturated heterocycles. The number of ether oxygens (including phenoxy) is 3. The van der Waals surface area contributed by atoms with Crippen LogP contribution in [0.15, 0.2) is 24.3 Å². The second-order valence-corrected chi connectivity index (χ2v) is 8.60. The molecule has 1 heterocycles. The molecule has 0 radical (unpaired) electrons. The number of phenols is 1. The first-order valence-corrected chi connectivity index (χ1v) is 12.0. The van der Waals surface area contributed by atoms with Crippen molar-refractivity contribution in [3.63, 3.8) is 0 Å². The van der Waals surface area contributed by atoms with Gasteiger partial charge in [0.25, 0.3) is 0 Å². The van der Waals surface area contributed by atoms with Crippen molar-refractivity contribution in [1.29, 1.82) is 0 Å². The summed E-state index contributed by atoms with van der Waals surface area (Å²) in [5.74, 6) is 0.289. The van der Waals surface area contributed by atoms with Gasteiger partial charge in [0, 0.05) is 11.6 Å². The second kappa shape index (κ2) is 12.2. The van der Waals surface area contributed by atoms with E-state index in [-0.39, 0.29) is 17.1 Å². The van der Waals surface area contributed by atoms with E-state index in [1.54, 1.807) is 24.3 Å². The monoisotopic (exact) mass is 484 g/mol. The van der Waals surface area contributed by atoms with Crippen LogP contribution in [0.3, 0.4) is 0 Å². The van der Waals surface area contributed by atoms with Crippen LogP contribution in [0.5, 0.6) is 23.0 Å². The Morgan fingerprint density at radius 1 is 1.11 bits per heavy atom. The minimum Gasteiger partial charge on any atom is -0.507 e. The Hall–Kier alpha value is -3.55. The number of carboxylic acid groups (broad SMARTS) is 1. The number of unbranched alkanes of at least 4 members (excludes halogenated alkanes) is 2. The van der Waals surface area contributed by atoms with Gasteiger partial charge < -0.3 is 24.4 Å². The Balaban J connectivity index is 1.50. The molecule has 0 spiro atoms. The normalized spacial score (nSPS) is 14.5. The van der Waals surface area contributed by atoms with Crippen molar-refractivity contribution >= 4 is 18.0 Å². The molecule has 0 aromatic heterocycles. The smallest absolute Gasteiger partial charge is 0.344 e. The van der Waals surface area contributed by atoms with Crippen LogP contribution in [0.2, 0.25) is 0 Å². The van der Waals surface area contributed by atoms with Gasteiger partial charge in [0.1, 0.15) is 23.0 Å². The van der Waals surface area contributed by atoms with Gasteiger partial charge in [-0.25, -0.2) is 4.79 Å². The number of benzene rings is 2. The van der Waals surface area contributed by atoms with Crippen LogP contribution >= 0.6 is 0 Å². The van der Waals surface area contributed by atoms with Crippen molar-refractivity contribution in [3.8, 4) is 23.0 Å². The van der Waals surface area contributed by atoms with Crippen LogP contribution in [0.1, 0.15) is 77.8 Å². The largest absolute Gasteiger partial charge is 0.507 e. The number of aryl methyl sites for hydroxylation is 1. The third-order valence-electron chi connectivity index (χ3n) is 5.96. The summed E-state index contributed by atoms with van der Waals surface area (Å²) in [6, 6.07) is 6.62. The molecule has 2 N–H and O–H groups in total. The van der Waals surface area contributed by atoms with Crippen LogP contribution in [-0.4, -0.2) is 47.6 Å². The first kappa shape index (κ1) is 26.1. The van der Waals surface area contributed by atoms with Gasteiger partial charge in [0.15, 0.2) is 18.2 Å². The predicted octanol–water partition coefficient (Wildman–Crippen LogP) is 4.77. The number of hydrogen-bond acceptors (Lipinski definition) is 7. The number of aliphatic carboxylic acids is 1. The van der Waals surface area contributed by atoms with Crippen molar-refractivity contribution in [3.05, 3.63) is 46.5 Å². The maximum atomic E-state index is 12.1. The first-order valence-electron chi connectivity index (χ1n) is 12.0. The number of fused-ring (bicyclic) bond motifs is 1. The minimum absolute atomic E-state index is 0.0160. The Morgan fingerprint density at radius 2 is 1.83 bits per heavy atom. The molecule has 0 bridgehead atoms. The van der Waals surface area contributed by atoms with E-state index >= 15 is 0 Å². The third-order valence-corrected chi connectivity index (χ3v) is 5.96. The van der Waals surface area contributed by atoms with E-state index in [9.17, 15) is 24.6 Å². The van der Waals surface area contributed by atoms with Gasteiger partial charge in [0.05, 0.1) is 24.3 Å². The summed E-state index contributed by atoms with van der Waals surface area (Å²) < 4.78 is 17.3. The second-order valence-electron chi connectivity index (χ2n) is 8.60. The van der Waals surface area contributed by atoms with E-state index in [2.05, 4.69) is 0 Å².